The zero-order valence-corrected chi connectivity index (χ0v) is 20.1. The van der Waals surface area contributed by atoms with Gasteiger partial charge in [-0.15, -0.1) is 0 Å². The van der Waals surface area contributed by atoms with Crippen LogP contribution in [-0.4, -0.2) is 59.2 Å². The summed E-state index contributed by atoms with van der Waals surface area (Å²) in [6, 6.07) is 5.36. The summed E-state index contributed by atoms with van der Waals surface area (Å²) in [5.74, 6) is 1.26. The Morgan fingerprint density at radius 2 is 2.06 bits per heavy atom. The lowest BCUT2D eigenvalue weighted by Gasteiger charge is -2.28. The minimum Gasteiger partial charge on any atom is -0.508 e. The molecule has 0 unspecified atom stereocenters. The van der Waals surface area contributed by atoms with Crippen LogP contribution < -0.4 is 11.1 Å². The number of nitrogen functional groups attached to an aromatic ring is 1. The van der Waals surface area contributed by atoms with Crippen LogP contribution in [0.1, 0.15) is 55.0 Å². The van der Waals surface area contributed by atoms with Crippen molar-refractivity contribution in [3.63, 3.8) is 0 Å². The van der Waals surface area contributed by atoms with E-state index in [2.05, 4.69) is 34.2 Å². The Balaban J connectivity index is 1.61. The maximum Gasteiger partial charge on any atom is 0.310 e. The molecular formula is C25H37N5O3. The molecule has 8 nitrogen and oxygen atoms in total. The van der Waals surface area contributed by atoms with Crippen molar-refractivity contribution < 1.29 is 14.6 Å². The van der Waals surface area contributed by atoms with Gasteiger partial charge in [-0.1, -0.05) is 25.5 Å². The molecule has 1 saturated heterocycles. The first kappa shape index (κ1) is 24.8. The van der Waals surface area contributed by atoms with Crippen LogP contribution in [0, 0.1) is 12.8 Å². The van der Waals surface area contributed by atoms with Crippen molar-refractivity contribution >= 4 is 17.7 Å². The molecule has 0 aliphatic carbocycles. The largest absolute Gasteiger partial charge is 0.508 e. The standard InChI is InChI=1S/C25H37N5O3/c1-4-5-10-27-24-21(17(2)28-25(26)29-24)15-20-7-6-19(13-22(20)31)14-23(32)33-16-18-8-11-30(3)12-9-18/h6-7,13,18,31H,4-5,8-12,14-16H2,1-3H3,(H3,26,27,28,29). The van der Waals surface area contributed by atoms with Crippen LogP contribution in [0.25, 0.3) is 0 Å². The molecule has 0 saturated carbocycles. The van der Waals surface area contributed by atoms with Crippen molar-refractivity contribution in [3.05, 3.63) is 40.6 Å². The summed E-state index contributed by atoms with van der Waals surface area (Å²) in [5.41, 5.74) is 9.00. The predicted octanol–water partition coefficient (Wildman–Crippen LogP) is 3.30. The smallest absolute Gasteiger partial charge is 0.310 e. The Bertz CT molecular complexity index is 942. The van der Waals surface area contributed by atoms with Crippen LogP contribution >= 0.6 is 0 Å². The minimum atomic E-state index is -0.258. The lowest BCUT2D eigenvalue weighted by Crippen LogP contribution is -2.32. The number of carbonyl (C=O) groups excluding carboxylic acids is 1. The van der Waals surface area contributed by atoms with Crippen LogP contribution in [0.2, 0.25) is 0 Å². The molecule has 3 rings (SSSR count). The summed E-state index contributed by atoms with van der Waals surface area (Å²) >= 11 is 0. The number of ether oxygens (including phenoxy) is 1. The molecule has 1 fully saturated rings. The van der Waals surface area contributed by atoms with Gasteiger partial charge in [0.2, 0.25) is 5.95 Å². The Kier molecular flexibility index (Phi) is 8.88. The topological polar surface area (TPSA) is 114 Å². The number of aromatic nitrogens is 2. The maximum absolute atomic E-state index is 12.3. The van der Waals surface area contributed by atoms with Crippen molar-refractivity contribution in [1.82, 2.24) is 14.9 Å². The number of rotatable bonds is 10. The lowest BCUT2D eigenvalue weighted by atomic mass is 9.98. The molecule has 2 heterocycles. The number of aromatic hydroxyl groups is 1. The van der Waals surface area contributed by atoms with Crippen molar-refractivity contribution in [3.8, 4) is 5.75 Å². The number of hydrogen-bond donors (Lipinski definition) is 3. The Morgan fingerprint density at radius 1 is 1.30 bits per heavy atom. The average molecular weight is 456 g/mol. The van der Waals surface area contributed by atoms with E-state index < -0.39 is 0 Å². The molecular weight excluding hydrogens is 418 g/mol. The van der Waals surface area contributed by atoms with Crippen LogP contribution in [0.5, 0.6) is 5.75 Å². The molecule has 1 aromatic carbocycles. The van der Waals surface area contributed by atoms with Gasteiger partial charge in [0.05, 0.1) is 13.0 Å². The molecule has 0 atom stereocenters. The van der Waals surface area contributed by atoms with Crippen LogP contribution in [-0.2, 0) is 22.4 Å². The Hall–Kier alpha value is -2.87. The highest BCUT2D eigenvalue weighted by atomic mass is 16.5. The zero-order valence-electron chi connectivity index (χ0n) is 20.1. The molecule has 1 aliphatic rings. The summed E-state index contributed by atoms with van der Waals surface area (Å²) in [7, 11) is 2.11. The van der Waals surface area contributed by atoms with E-state index in [9.17, 15) is 9.90 Å². The van der Waals surface area contributed by atoms with Gasteiger partial charge in [0, 0.05) is 24.2 Å². The van der Waals surface area contributed by atoms with E-state index in [1.807, 2.05) is 19.1 Å². The summed E-state index contributed by atoms with van der Waals surface area (Å²) in [4.78, 5) is 23.2. The second-order valence-corrected chi connectivity index (χ2v) is 9.02. The first-order chi connectivity index (χ1) is 15.9. The van der Waals surface area contributed by atoms with E-state index in [0.717, 1.165) is 67.7 Å². The number of benzene rings is 1. The van der Waals surface area contributed by atoms with Gasteiger partial charge in [0.25, 0.3) is 0 Å². The molecule has 2 aromatic rings. The molecule has 180 valence electrons. The minimum absolute atomic E-state index is 0.145. The van der Waals surface area contributed by atoms with Crippen molar-refractivity contribution in [1.29, 1.82) is 0 Å². The summed E-state index contributed by atoms with van der Waals surface area (Å²) < 4.78 is 5.50. The number of phenols is 1. The Morgan fingerprint density at radius 3 is 2.76 bits per heavy atom. The summed E-state index contributed by atoms with van der Waals surface area (Å²) in [6.07, 6.45) is 4.83. The fourth-order valence-corrected chi connectivity index (χ4v) is 4.08. The van der Waals surface area contributed by atoms with Gasteiger partial charge in [0.15, 0.2) is 0 Å². The van der Waals surface area contributed by atoms with Gasteiger partial charge in [-0.2, -0.15) is 4.98 Å². The first-order valence-electron chi connectivity index (χ1n) is 11.9. The third-order valence-corrected chi connectivity index (χ3v) is 6.24. The third-order valence-electron chi connectivity index (χ3n) is 6.24. The van der Waals surface area contributed by atoms with Crippen molar-refractivity contribution in [2.24, 2.45) is 5.92 Å². The second kappa shape index (κ2) is 11.8. The van der Waals surface area contributed by atoms with Gasteiger partial charge in [0.1, 0.15) is 11.6 Å². The van der Waals surface area contributed by atoms with Crippen LogP contribution in [0.15, 0.2) is 18.2 Å². The molecule has 33 heavy (non-hydrogen) atoms. The predicted molar refractivity (Wildman–Crippen MR) is 130 cm³/mol. The molecule has 1 aromatic heterocycles. The number of nitrogens with zero attached hydrogens (tertiary/aromatic N) is 3. The number of anilines is 2. The van der Waals surface area contributed by atoms with Gasteiger partial charge in [-0.05, 0) is 69.4 Å². The number of piperidine rings is 1. The second-order valence-electron chi connectivity index (χ2n) is 9.02. The molecule has 4 N–H and O–H groups in total. The molecule has 0 bridgehead atoms. The number of aryl methyl sites for hydroxylation is 1. The number of nitrogens with two attached hydrogens (primary N) is 1. The van der Waals surface area contributed by atoms with E-state index in [1.165, 1.54) is 0 Å². The number of esters is 1. The molecule has 8 heteroatoms. The maximum atomic E-state index is 12.3. The van der Waals surface area contributed by atoms with E-state index in [0.29, 0.717) is 24.8 Å². The van der Waals surface area contributed by atoms with Crippen molar-refractivity contribution in [2.45, 2.75) is 52.4 Å². The Labute approximate surface area is 196 Å². The fourth-order valence-electron chi connectivity index (χ4n) is 4.08. The highest BCUT2D eigenvalue weighted by Crippen LogP contribution is 2.27. The van der Waals surface area contributed by atoms with E-state index in [4.69, 9.17) is 10.5 Å². The monoisotopic (exact) mass is 455 g/mol. The summed E-state index contributed by atoms with van der Waals surface area (Å²) in [6.45, 7) is 7.39. The number of unbranched alkanes of at least 4 members (excludes halogenated alkanes) is 1. The highest BCUT2D eigenvalue weighted by molar-refractivity contribution is 5.72. The van der Waals surface area contributed by atoms with E-state index in [1.54, 1.807) is 6.07 Å². The fraction of sp³-hybridized carbons (Fsp3) is 0.560. The number of phenolic OH excluding ortho intramolecular Hbond substituents is 1. The average Bonchev–Trinajstić information content (AvgIpc) is 2.77. The normalized spacial score (nSPS) is 14.9. The first-order valence-corrected chi connectivity index (χ1v) is 11.9. The zero-order chi connectivity index (χ0) is 23.8. The van der Waals surface area contributed by atoms with Crippen molar-refractivity contribution in [2.75, 3.05) is 44.3 Å². The summed E-state index contributed by atoms with van der Waals surface area (Å²) in [5, 5.41) is 14.0. The number of carbonyl (C=O) groups is 1. The van der Waals surface area contributed by atoms with Gasteiger partial charge in [-0.25, -0.2) is 4.98 Å². The molecule has 1 aliphatic heterocycles. The molecule has 0 amide bonds. The lowest BCUT2D eigenvalue weighted by molar-refractivity contribution is -0.144. The quantitative estimate of drug-likeness (QED) is 0.369. The van der Waals surface area contributed by atoms with Crippen LogP contribution in [0.4, 0.5) is 11.8 Å². The number of likely N-dealkylation sites (tertiary alicyclic amines) is 1. The molecule has 0 spiro atoms. The number of hydrogen-bond acceptors (Lipinski definition) is 8. The highest BCUT2D eigenvalue weighted by Gasteiger charge is 2.19. The third kappa shape index (κ3) is 7.32. The number of nitrogens with one attached hydrogen (secondary N) is 1. The van der Waals surface area contributed by atoms with E-state index >= 15 is 0 Å². The van der Waals surface area contributed by atoms with Crippen LogP contribution in [0.3, 0.4) is 0 Å². The molecule has 0 radical (unpaired) electrons. The van der Waals surface area contributed by atoms with Gasteiger partial charge < -0.3 is 25.8 Å². The van der Waals surface area contributed by atoms with Gasteiger partial charge >= 0.3 is 5.97 Å². The SMILES string of the molecule is CCCCNc1nc(N)nc(C)c1Cc1ccc(CC(=O)OCC2CCN(C)CC2)cc1O. The van der Waals surface area contributed by atoms with Gasteiger partial charge in [-0.3, -0.25) is 4.79 Å². The van der Waals surface area contributed by atoms with E-state index in [-0.39, 0.29) is 24.1 Å².